The van der Waals surface area contributed by atoms with Gasteiger partial charge in [0.2, 0.25) is 0 Å². The lowest BCUT2D eigenvalue weighted by Gasteiger charge is -2.24. The summed E-state index contributed by atoms with van der Waals surface area (Å²) in [6.07, 6.45) is 4.91. The van der Waals surface area contributed by atoms with E-state index in [0.29, 0.717) is 11.0 Å². The number of nitrogens with one attached hydrogen (secondary N) is 1. The first-order valence-corrected chi connectivity index (χ1v) is 5.83. The third kappa shape index (κ3) is 1.26. The van der Waals surface area contributed by atoms with Crippen molar-refractivity contribution in [3.05, 3.63) is 11.3 Å². The quantitative estimate of drug-likeness (QED) is 0.701. The van der Waals surface area contributed by atoms with Crippen molar-refractivity contribution < 1.29 is 0 Å². The molecular formula is C10H14N4S. The van der Waals surface area contributed by atoms with Crippen molar-refractivity contribution in [1.82, 2.24) is 9.78 Å². The largest absolute Gasteiger partial charge is 0.374 e. The number of fused-ring (bicyclic) bond motifs is 1. The van der Waals surface area contributed by atoms with E-state index in [4.69, 9.17) is 18.0 Å². The molecule has 0 radical (unpaired) electrons. The van der Waals surface area contributed by atoms with Gasteiger partial charge >= 0.3 is 0 Å². The molecule has 2 heterocycles. The van der Waals surface area contributed by atoms with Crippen LogP contribution in [0.5, 0.6) is 0 Å². The summed E-state index contributed by atoms with van der Waals surface area (Å²) in [7, 11) is 0. The fourth-order valence-corrected chi connectivity index (χ4v) is 2.50. The highest BCUT2D eigenvalue weighted by Gasteiger charge is 2.30. The molecule has 0 spiro atoms. The van der Waals surface area contributed by atoms with Gasteiger partial charge in [0.25, 0.3) is 0 Å². The van der Waals surface area contributed by atoms with Crippen LogP contribution in [-0.4, -0.2) is 21.4 Å². The summed E-state index contributed by atoms with van der Waals surface area (Å²) >= 11 is 5.00. The first kappa shape index (κ1) is 9.15. The second-order valence-electron chi connectivity index (χ2n) is 4.27. The van der Waals surface area contributed by atoms with Gasteiger partial charge in [0.05, 0.1) is 5.69 Å². The summed E-state index contributed by atoms with van der Waals surface area (Å²) < 4.78 is 1.69. The smallest absolute Gasteiger partial charge is 0.193 e. The fraction of sp³-hybridized carbons (Fsp3) is 0.600. The molecule has 0 atom stereocenters. The second kappa shape index (κ2) is 3.20. The van der Waals surface area contributed by atoms with E-state index >= 15 is 0 Å². The number of anilines is 1. The number of nitrogens with two attached hydrogens (primary N) is 1. The van der Waals surface area contributed by atoms with E-state index in [1.165, 1.54) is 30.5 Å². The van der Waals surface area contributed by atoms with Crippen molar-refractivity contribution in [1.29, 1.82) is 0 Å². The molecule has 0 bridgehead atoms. The zero-order valence-corrected chi connectivity index (χ0v) is 9.31. The molecule has 3 rings (SSSR count). The molecule has 1 aromatic heterocycles. The average molecular weight is 222 g/mol. The van der Waals surface area contributed by atoms with Gasteiger partial charge < -0.3 is 11.1 Å². The van der Waals surface area contributed by atoms with Crippen LogP contribution in [-0.2, 0) is 6.42 Å². The van der Waals surface area contributed by atoms with Gasteiger partial charge in [-0.1, -0.05) is 6.42 Å². The van der Waals surface area contributed by atoms with Gasteiger partial charge in [0, 0.05) is 18.0 Å². The Labute approximate surface area is 93.8 Å². The molecule has 1 aromatic rings. The predicted molar refractivity (Wildman–Crippen MR) is 63.2 cm³/mol. The molecule has 1 aliphatic heterocycles. The summed E-state index contributed by atoms with van der Waals surface area (Å²) in [6.45, 7) is 0.982. The van der Waals surface area contributed by atoms with Crippen LogP contribution in [0.4, 0.5) is 5.82 Å². The summed E-state index contributed by atoms with van der Waals surface area (Å²) in [4.78, 5) is 0. The van der Waals surface area contributed by atoms with Crippen LogP contribution in [0.2, 0.25) is 0 Å². The van der Waals surface area contributed by atoms with Gasteiger partial charge in [-0.15, -0.1) is 0 Å². The maximum atomic E-state index is 5.65. The lowest BCUT2D eigenvalue weighted by Crippen LogP contribution is -2.23. The van der Waals surface area contributed by atoms with Crippen molar-refractivity contribution in [2.24, 2.45) is 5.73 Å². The first-order chi connectivity index (χ1) is 7.27. The Morgan fingerprint density at radius 1 is 1.53 bits per heavy atom. The van der Waals surface area contributed by atoms with Crippen molar-refractivity contribution in [3.63, 3.8) is 0 Å². The number of hydrogen-bond acceptors (Lipinski definition) is 3. The summed E-state index contributed by atoms with van der Waals surface area (Å²) in [6, 6.07) is 0. The zero-order chi connectivity index (χ0) is 10.4. The van der Waals surface area contributed by atoms with Crippen molar-refractivity contribution in [2.75, 3.05) is 11.9 Å². The third-order valence-corrected chi connectivity index (χ3v) is 3.56. The number of rotatable bonds is 1. The highest BCUT2D eigenvalue weighted by Crippen LogP contribution is 2.40. The van der Waals surface area contributed by atoms with Gasteiger partial charge in [-0.3, -0.25) is 0 Å². The highest BCUT2D eigenvalue weighted by atomic mass is 32.1. The lowest BCUT2D eigenvalue weighted by molar-refractivity contribution is 0.407. The summed E-state index contributed by atoms with van der Waals surface area (Å²) in [5.74, 6) is 1.68. The van der Waals surface area contributed by atoms with Gasteiger partial charge in [-0.25, -0.2) is 0 Å². The van der Waals surface area contributed by atoms with Crippen LogP contribution in [0.15, 0.2) is 0 Å². The minimum Gasteiger partial charge on any atom is -0.374 e. The number of nitrogens with zero attached hydrogens (tertiary/aromatic N) is 2. The predicted octanol–water partition coefficient (Wildman–Crippen LogP) is 1.21. The van der Waals surface area contributed by atoms with E-state index in [-0.39, 0.29) is 0 Å². The lowest BCUT2D eigenvalue weighted by atomic mass is 9.81. The molecular weight excluding hydrogens is 208 g/mol. The fourth-order valence-electron chi connectivity index (χ4n) is 2.37. The van der Waals surface area contributed by atoms with Crippen molar-refractivity contribution >= 4 is 23.1 Å². The van der Waals surface area contributed by atoms with Crippen molar-refractivity contribution in [2.45, 2.75) is 31.6 Å². The molecule has 80 valence electrons. The molecule has 2 aliphatic rings. The Morgan fingerprint density at radius 3 is 2.93 bits per heavy atom. The van der Waals surface area contributed by atoms with Crippen LogP contribution < -0.4 is 11.1 Å². The van der Waals surface area contributed by atoms with Crippen LogP contribution in [0.3, 0.4) is 0 Å². The Bertz CT molecular complexity index is 419. The van der Waals surface area contributed by atoms with Gasteiger partial charge in [0.15, 0.2) is 5.11 Å². The Kier molecular flexibility index (Phi) is 1.95. The van der Waals surface area contributed by atoms with Gasteiger partial charge in [-0.2, -0.15) is 9.78 Å². The molecule has 0 unspecified atom stereocenters. The normalized spacial score (nSPS) is 19.5. The van der Waals surface area contributed by atoms with Gasteiger partial charge in [0.1, 0.15) is 5.82 Å². The summed E-state index contributed by atoms with van der Waals surface area (Å²) in [5.41, 5.74) is 8.22. The maximum absolute atomic E-state index is 5.65. The van der Waals surface area contributed by atoms with E-state index in [0.717, 1.165) is 18.8 Å². The summed E-state index contributed by atoms with van der Waals surface area (Å²) in [5, 5.41) is 8.19. The molecule has 1 saturated carbocycles. The topological polar surface area (TPSA) is 55.9 Å². The van der Waals surface area contributed by atoms with E-state index in [2.05, 4.69) is 10.4 Å². The SMILES string of the molecule is NC(=S)n1nc(C2CCC2)c2c1NCC2. The Balaban J connectivity index is 2.07. The molecule has 3 N–H and O–H groups in total. The van der Waals surface area contributed by atoms with E-state index in [1.807, 2.05) is 0 Å². The number of hydrogen-bond donors (Lipinski definition) is 2. The molecule has 0 amide bonds. The molecule has 4 nitrogen and oxygen atoms in total. The molecule has 0 saturated heterocycles. The maximum Gasteiger partial charge on any atom is 0.193 e. The minimum absolute atomic E-state index is 0.339. The first-order valence-electron chi connectivity index (χ1n) is 5.43. The van der Waals surface area contributed by atoms with Crippen LogP contribution >= 0.6 is 12.2 Å². The third-order valence-electron chi connectivity index (χ3n) is 3.38. The average Bonchev–Trinajstić information content (AvgIpc) is 2.63. The molecule has 1 fully saturated rings. The van der Waals surface area contributed by atoms with E-state index in [1.54, 1.807) is 4.68 Å². The minimum atomic E-state index is 0.339. The van der Waals surface area contributed by atoms with Gasteiger partial charge in [-0.05, 0) is 31.5 Å². The van der Waals surface area contributed by atoms with Crippen LogP contribution in [0, 0.1) is 0 Å². The monoisotopic (exact) mass is 222 g/mol. The number of thiocarbonyl (C=S) groups is 1. The van der Waals surface area contributed by atoms with E-state index < -0.39 is 0 Å². The second-order valence-corrected chi connectivity index (χ2v) is 4.69. The molecule has 15 heavy (non-hydrogen) atoms. The molecule has 5 heteroatoms. The van der Waals surface area contributed by atoms with E-state index in [9.17, 15) is 0 Å². The zero-order valence-electron chi connectivity index (χ0n) is 8.49. The molecule has 0 aromatic carbocycles. The Hall–Kier alpha value is -1.10. The van der Waals surface area contributed by atoms with Crippen LogP contribution in [0.25, 0.3) is 0 Å². The number of aromatic nitrogens is 2. The Morgan fingerprint density at radius 2 is 2.33 bits per heavy atom. The van der Waals surface area contributed by atoms with Crippen molar-refractivity contribution in [3.8, 4) is 0 Å². The van der Waals surface area contributed by atoms with Crippen LogP contribution in [0.1, 0.15) is 36.4 Å². The standard InChI is InChI=1S/C10H14N4S/c11-10(15)14-9-7(4-5-12-9)8(13-14)6-2-1-3-6/h6,12H,1-5H2,(H2,11,15). The highest BCUT2D eigenvalue weighted by molar-refractivity contribution is 7.80. The molecule has 1 aliphatic carbocycles.